The smallest absolute Gasteiger partial charge is 0.0464 e. The van der Waals surface area contributed by atoms with Gasteiger partial charge in [-0.3, -0.25) is 0 Å². The number of hydrogen-bond acceptors (Lipinski definition) is 2. The summed E-state index contributed by atoms with van der Waals surface area (Å²) in [5.74, 6) is 0. The van der Waals surface area contributed by atoms with Crippen molar-refractivity contribution in [3.8, 4) is 11.1 Å². The summed E-state index contributed by atoms with van der Waals surface area (Å²) in [6, 6.07) is 30.4. The molecule has 5 rings (SSSR count). The molecule has 2 heteroatoms. The number of nitrogen functional groups attached to an aromatic ring is 1. The Kier molecular flexibility index (Phi) is 4.13. The fourth-order valence-electron chi connectivity index (χ4n) is 4.34. The number of benzene rings is 4. The van der Waals surface area contributed by atoms with Crippen LogP contribution < -0.4 is 10.6 Å². The topological polar surface area (TPSA) is 29.3 Å². The average molecular weight is 377 g/mol. The van der Waals surface area contributed by atoms with E-state index in [4.69, 9.17) is 5.73 Å². The molecule has 0 fully saturated rings. The summed E-state index contributed by atoms with van der Waals surface area (Å²) in [7, 11) is 0. The first-order valence-corrected chi connectivity index (χ1v) is 10.0. The normalized spacial score (nSPS) is 11.8. The van der Waals surface area contributed by atoms with Gasteiger partial charge in [0.2, 0.25) is 0 Å². The van der Waals surface area contributed by atoms with Gasteiger partial charge in [0.15, 0.2) is 0 Å². The third kappa shape index (κ3) is 3.17. The van der Waals surface area contributed by atoms with Crippen LogP contribution in [0.25, 0.3) is 11.1 Å². The summed E-state index contributed by atoms with van der Waals surface area (Å²) in [6.07, 6.45) is 0.930. The monoisotopic (exact) mass is 376 g/mol. The summed E-state index contributed by atoms with van der Waals surface area (Å²) in [5, 5.41) is 0. The molecule has 1 aliphatic rings. The van der Waals surface area contributed by atoms with Crippen LogP contribution in [-0.2, 0) is 6.42 Å². The van der Waals surface area contributed by atoms with E-state index >= 15 is 0 Å². The number of hydrogen-bond donors (Lipinski definition) is 1. The summed E-state index contributed by atoms with van der Waals surface area (Å²) in [4.78, 5) is 2.34. The van der Waals surface area contributed by atoms with E-state index in [2.05, 4.69) is 97.6 Å². The Bertz CT molecular complexity index is 1180. The lowest BCUT2D eigenvalue weighted by Crippen LogP contribution is -2.10. The molecule has 4 aromatic carbocycles. The lowest BCUT2D eigenvalue weighted by Gasteiger charge is -2.26. The highest BCUT2D eigenvalue weighted by Crippen LogP contribution is 2.42. The lowest BCUT2D eigenvalue weighted by molar-refractivity contribution is 1.22. The molecule has 0 spiro atoms. The van der Waals surface area contributed by atoms with E-state index < -0.39 is 0 Å². The Morgan fingerprint density at radius 3 is 1.79 bits per heavy atom. The van der Waals surface area contributed by atoms with Gasteiger partial charge in [0, 0.05) is 22.7 Å². The van der Waals surface area contributed by atoms with Crippen molar-refractivity contribution in [2.45, 2.75) is 20.3 Å². The van der Waals surface area contributed by atoms with Gasteiger partial charge in [0.1, 0.15) is 0 Å². The van der Waals surface area contributed by atoms with Crippen LogP contribution >= 0.6 is 0 Å². The summed E-state index contributed by atoms with van der Waals surface area (Å²) >= 11 is 0. The zero-order valence-electron chi connectivity index (χ0n) is 16.8. The number of rotatable bonds is 3. The Balaban J connectivity index is 1.64. The predicted octanol–water partition coefficient (Wildman–Crippen LogP) is 6.93. The molecule has 29 heavy (non-hydrogen) atoms. The maximum Gasteiger partial charge on any atom is 0.0464 e. The first-order chi connectivity index (χ1) is 14.1. The third-order valence-corrected chi connectivity index (χ3v) is 5.67. The molecule has 0 atom stereocenters. The van der Waals surface area contributed by atoms with Gasteiger partial charge in [-0.25, -0.2) is 0 Å². The van der Waals surface area contributed by atoms with Gasteiger partial charge in [-0.1, -0.05) is 36.4 Å². The van der Waals surface area contributed by atoms with Crippen molar-refractivity contribution in [1.82, 2.24) is 0 Å². The summed E-state index contributed by atoms with van der Waals surface area (Å²) in [6.45, 7) is 4.28. The Morgan fingerprint density at radius 2 is 1.17 bits per heavy atom. The predicted molar refractivity (Wildman–Crippen MR) is 123 cm³/mol. The molecule has 0 bridgehead atoms. The molecule has 0 amide bonds. The number of fused-ring (bicyclic) bond motifs is 3. The highest BCUT2D eigenvalue weighted by atomic mass is 15.1. The number of aryl methyl sites for hydroxylation is 2. The van der Waals surface area contributed by atoms with Crippen LogP contribution in [0.5, 0.6) is 0 Å². The van der Waals surface area contributed by atoms with E-state index in [0.29, 0.717) is 0 Å². The van der Waals surface area contributed by atoms with Crippen LogP contribution in [0.1, 0.15) is 22.3 Å². The highest BCUT2D eigenvalue weighted by Gasteiger charge is 2.21. The molecule has 0 aliphatic heterocycles. The van der Waals surface area contributed by atoms with E-state index in [1.807, 2.05) is 6.07 Å². The van der Waals surface area contributed by atoms with Crippen LogP contribution in [0.2, 0.25) is 0 Å². The molecule has 0 heterocycles. The van der Waals surface area contributed by atoms with E-state index in [1.54, 1.807) is 0 Å². The van der Waals surface area contributed by atoms with Crippen LogP contribution in [-0.4, -0.2) is 0 Å². The van der Waals surface area contributed by atoms with Gasteiger partial charge in [0.25, 0.3) is 0 Å². The van der Waals surface area contributed by atoms with Crippen LogP contribution in [0.4, 0.5) is 22.7 Å². The Morgan fingerprint density at radius 1 is 0.621 bits per heavy atom. The first-order valence-electron chi connectivity index (χ1n) is 10.0. The first kappa shape index (κ1) is 17.6. The molecular formula is C27H24N2. The van der Waals surface area contributed by atoms with Crippen LogP contribution in [0, 0.1) is 13.8 Å². The van der Waals surface area contributed by atoms with Crippen molar-refractivity contribution in [2.75, 3.05) is 10.6 Å². The minimum atomic E-state index is 0.831. The fourth-order valence-corrected chi connectivity index (χ4v) is 4.34. The zero-order valence-corrected chi connectivity index (χ0v) is 16.8. The SMILES string of the molecule is Cc1cccc(N(c2cccc(C)c2)c2ccc3c(c2)Cc2cc(N)ccc2-3)c1. The van der Waals surface area contributed by atoms with Gasteiger partial charge < -0.3 is 10.6 Å². The standard InChI is InChI=1S/C27H24N2/c1-18-5-3-7-23(13-18)29(24-8-4-6-19(2)14-24)25-10-12-27-21(17-25)15-20-16-22(28)9-11-26(20)27/h3-14,16-17H,15,28H2,1-2H3. The van der Waals surface area contributed by atoms with Gasteiger partial charge in [-0.15, -0.1) is 0 Å². The molecule has 0 saturated heterocycles. The van der Waals surface area contributed by atoms with Crippen molar-refractivity contribution < 1.29 is 0 Å². The second-order valence-corrected chi connectivity index (χ2v) is 7.95. The largest absolute Gasteiger partial charge is 0.399 e. The lowest BCUT2D eigenvalue weighted by atomic mass is 10.0. The molecule has 1 aliphatic carbocycles. The van der Waals surface area contributed by atoms with Crippen molar-refractivity contribution in [2.24, 2.45) is 0 Å². The van der Waals surface area contributed by atoms with E-state index in [-0.39, 0.29) is 0 Å². The Labute approximate surface area is 172 Å². The van der Waals surface area contributed by atoms with Gasteiger partial charge >= 0.3 is 0 Å². The molecule has 0 aromatic heterocycles. The zero-order chi connectivity index (χ0) is 20.0. The van der Waals surface area contributed by atoms with E-state index in [0.717, 1.165) is 12.1 Å². The second-order valence-electron chi connectivity index (χ2n) is 7.95. The summed E-state index contributed by atoms with van der Waals surface area (Å²) in [5.41, 5.74) is 18.2. The number of nitrogens with two attached hydrogens (primary N) is 1. The van der Waals surface area contributed by atoms with Crippen molar-refractivity contribution in [1.29, 1.82) is 0 Å². The van der Waals surface area contributed by atoms with Crippen molar-refractivity contribution in [3.63, 3.8) is 0 Å². The quantitative estimate of drug-likeness (QED) is 0.346. The minimum Gasteiger partial charge on any atom is -0.399 e. The molecule has 2 N–H and O–H groups in total. The molecule has 2 nitrogen and oxygen atoms in total. The van der Waals surface area contributed by atoms with Crippen LogP contribution in [0.15, 0.2) is 84.9 Å². The fraction of sp³-hybridized carbons (Fsp3) is 0.111. The van der Waals surface area contributed by atoms with Crippen LogP contribution in [0.3, 0.4) is 0 Å². The minimum absolute atomic E-state index is 0.831. The molecule has 0 saturated carbocycles. The van der Waals surface area contributed by atoms with Crippen molar-refractivity contribution in [3.05, 3.63) is 107 Å². The molecular weight excluding hydrogens is 352 g/mol. The van der Waals surface area contributed by atoms with E-state index in [9.17, 15) is 0 Å². The maximum absolute atomic E-state index is 6.02. The van der Waals surface area contributed by atoms with Gasteiger partial charge in [0.05, 0.1) is 0 Å². The molecule has 0 radical (unpaired) electrons. The highest BCUT2D eigenvalue weighted by molar-refractivity contribution is 5.84. The average Bonchev–Trinajstić information content (AvgIpc) is 3.05. The van der Waals surface area contributed by atoms with Crippen molar-refractivity contribution >= 4 is 22.7 Å². The van der Waals surface area contributed by atoms with Gasteiger partial charge in [-0.05, 0) is 102 Å². The number of nitrogens with zero attached hydrogens (tertiary/aromatic N) is 1. The molecule has 0 unspecified atom stereocenters. The molecule has 4 aromatic rings. The van der Waals surface area contributed by atoms with E-state index in [1.165, 1.54) is 50.4 Å². The third-order valence-electron chi connectivity index (χ3n) is 5.67. The summed E-state index contributed by atoms with van der Waals surface area (Å²) < 4.78 is 0. The second kappa shape index (κ2) is 6.82. The van der Waals surface area contributed by atoms with Gasteiger partial charge in [-0.2, -0.15) is 0 Å². The maximum atomic E-state index is 6.02. The Hall–Kier alpha value is -3.52. The number of anilines is 4. The molecule has 142 valence electrons.